The smallest absolute Gasteiger partial charge is 0.340 e. The molecule has 0 N–H and O–H groups in total. The number of rotatable bonds is 10. The van der Waals surface area contributed by atoms with Gasteiger partial charge in [0.2, 0.25) is 0 Å². The molecule has 0 saturated heterocycles. The molecule has 0 aliphatic heterocycles. The molecule has 0 fully saturated rings. The second-order valence-corrected chi connectivity index (χ2v) is 16.1. The number of carbonyl (C=O) groups excluding carboxylic acids is 4. The van der Waals surface area contributed by atoms with Crippen LogP contribution in [0.4, 0.5) is 34.1 Å². The van der Waals surface area contributed by atoms with Crippen LogP contribution in [0, 0.1) is 0 Å². The molecule has 2 aromatic heterocycles. The van der Waals surface area contributed by atoms with Crippen molar-refractivity contribution in [1.29, 1.82) is 0 Å². The number of fused-ring (bicyclic) bond motifs is 1. The average molecular weight is 809 g/mol. The number of hydrogen-bond acceptors (Lipinski definition) is 12. The zero-order valence-corrected chi connectivity index (χ0v) is 35.4. The molecule has 0 bridgehead atoms. The lowest BCUT2D eigenvalue weighted by atomic mass is 9.85. The number of benzene rings is 4. The standard InChI is InChI=1S/C48H48N4O8/c1-47(2,3)29-19-21-41(35(23-29)45(55)59-9)52(42-22-20-30(48(4,5)6)24-36(42)46(56)60-10)32-26-38-37(50-28-32)25-31(27-49-38)51(39-17-13-11-15-33(39)43(53)57-7)40-18-14-12-16-34(40)44(54)58-8/h11-28H,1-10H3. The number of hydrogen-bond donors (Lipinski definition) is 0. The van der Waals surface area contributed by atoms with Crippen LogP contribution >= 0.6 is 0 Å². The molecule has 6 aromatic rings. The number of methoxy groups -OCH3 is 4. The van der Waals surface area contributed by atoms with Crippen LogP contribution < -0.4 is 9.80 Å². The van der Waals surface area contributed by atoms with Gasteiger partial charge in [-0.25, -0.2) is 19.2 Å². The first-order chi connectivity index (χ1) is 28.5. The van der Waals surface area contributed by atoms with Crippen LogP contribution in [0.25, 0.3) is 11.0 Å². The first-order valence-electron chi connectivity index (χ1n) is 19.2. The largest absolute Gasteiger partial charge is 0.465 e. The highest BCUT2D eigenvalue weighted by Crippen LogP contribution is 2.44. The first kappa shape index (κ1) is 42.5. The second-order valence-electron chi connectivity index (χ2n) is 16.1. The SMILES string of the molecule is COC(=O)c1ccccc1N(c1cnc2cc(N(c3ccc(C(C)(C)C)cc3C(=O)OC)c3ccc(C(C)(C)C)cc3C(=O)OC)cnc2c1)c1ccccc1C(=O)OC. The Kier molecular flexibility index (Phi) is 12.1. The van der Waals surface area contributed by atoms with Gasteiger partial charge in [0.25, 0.3) is 0 Å². The van der Waals surface area contributed by atoms with E-state index < -0.39 is 23.9 Å². The van der Waals surface area contributed by atoms with Crippen LogP contribution in [0.3, 0.4) is 0 Å². The van der Waals surface area contributed by atoms with Crippen molar-refractivity contribution in [2.45, 2.75) is 52.4 Å². The maximum Gasteiger partial charge on any atom is 0.340 e. The van der Waals surface area contributed by atoms with E-state index >= 15 is 0 Å². The normalized spacial score (nSPS) is 11.4. The number of ether oxygens (including phenoxy) is 4. The van der Waals surface area contributed by atoms with Crippen molar-refractivity contribution in [3.05, 3.63) is 143 Å². The summed E-state index contributed by atoms with van der Waals surface area (Å²) in [6, 6.07) is 28.5. The quantitative estimate of drug-likeness (QED) is 0.0962. The molecule has 0 amide bonds. The Bertz CT molecular complexity index is 2490. The zero-order valence-electron chi connectivity index (χ0n) is 35.4. The molecule has 0 saturated carbocycles. The molecular weight excluding hydrogens is 761 g/mol. The molecule has 0 aliphatic rings. The minimum Gasteiger partial charge on any atom is -0.465 e. The third-order valence-corrected chi connectivity index (χ3v) is 10.1. The number of anilines is 6. The van der Waals surface area contributed by atoms with Gasteiger partial charge in [0, 0.05) is 0 Å². The van der Waals surface area contributed by atoms with Crippen molar-refractivity contribution >= 4 is 69.0 Å². The number of carbonyl (C=O) groups is 4. The Morgan fingerprint density at radius 1 is 0.433 bits per heavy atom. The summed E-state index contributed by atoms with van der Waals surface area (Å²) in [4.78, 5) is 66.7. The van der Waals surface area contributed by atoms with E-state index in [0.29, 0.717) is 45.2 Å². The predicted molar refractivity (Wildman–Crippen MR) is 232 cm³/mol. The molecule has 0 radical (unpaired) electrons. The lowest BCUT2D eigenvalue weighted by Crippen LogP contribution is -2.21. The van der Waals surface area contributed by atoms with Gasteiger partial charge >= 0.3 is 23.9 Å². The maximum absolute atomic E-state index is 13.6. The van der Waals surface area contributed by atoms with Gasteiger partial charge in [-0.3, -0.25) is 9.97 Å². The number of pyridine rings is 2. The first-order valence-corrected chi connectivity index (χ1v) is 19.2. The number of aromatic nitrogens is 2. The third-order valence-electron chi connectivity index (χ3n) is 10.1. The van der Waals surface area contributed by atoms with Gasteiger partial charge in [0.1, 0.15) is 0 Å². The molecule has 308 valence electrons. The van der Waals surface area contributed by atoms with E-state index in [1.807, 2.05) is 24.3 Å². The van der Waals surface area contributed by atoms with Crippen molar-refractivity contribution in [3.63, 3.8) is 0 Å². The summed E-state index contributed by atoms with van der Waals surface area (Å²) in [7, 11) is 5.25. The molecule has 0 aliphatic carbocycles. The Labute approximate surface area is 349 Å². The molecule has 4 aromatic carbocycles. The topological polar surface area (TPSA) is 137 Å². The fraction of sp³-hybridized carbons (Fsp3) is 0.250. The third kappa shape index (κ3) is 8.40. The molecule has 0 atom stereocenters. The highest BCUT2D eigenvalue weighted by molar-refractivity contribution is 6.05. The molecule has 0 spiro atoms. The number of esters is 4. The van der Waals surface area contributed by atoms with Crippen LogP contribution in [-0.4, -0.2) is 62.3 Å². The van der Waals surface area contributed by atoms with Gasteiger partial charge in [0.15, 0.2) is 0 Å². The summed E-state index contributed by atoms with van der Waals surface area (Å²) in [5.41, 5.74) is 5.84. The van der Waals surface area contributed by atoms with Crippen molar-refractivity contribution in [1.82, 2.24) is 9.97 Å². The van der Waals surface area contributed by atoms with Crippen molar-refractivity contribution in [2.75, 3.05) is 38.2 Å². The van der Waals surface area contributed by atoms with E-state index in [2.05, 4.69) is 41.5 Å². The van der Waals surface area contributed by atoms with Crippen LogP contribution in [0.15, 0.2) is 109 Å². The maximum atomic E-state index is 13.6. The summed E-state index contributed by atoms with van der Waals surface area (Å²) < 4.78 is 20.9. The lowest BCUT2D eigenvalue weighted by Gasteiger charge is -2.31. The van der Waals surface area contributed by atoms with E-state index in [4.69, 9.17) is 28.9 Å². The van der Waals surface area contributed by atoms with E-state index in [0.717, 1.165) is 11.1 Å². The molecule has 12 heteroatoms. The van der Waals surface area contributed by atoms with E-state index in [1.165, 1.54) is 28.4 Å². The molecule has 60 heavy (non-hydrogen) atoms. The fourth-order valence-electron chi connectivity index (χ4n) is 6.89. The summed E-state index contributed by atoms with van der Waals surface area (Å²) in [5.74, 6) is -2.29. The summed E-state index contributed by atoms with van der Waals surface area (Å²) in [6.07, 6.45) is 3.23. The number of para-hydroxylation sites is 2. The predicted octanol–water partition coefficient (Wildman–Crippen LogP) is 10.3. The Balaban J connectivity index is 1.61. The molecule has 6 rings (SSSR count). The zero-order chi connectivity index (χ0) is 43.5. The van der Waals surface area contributed by atoms with Crippen molar-refractivity contribution in [2.24, 2.45) is 0 Å². The highest BCUT2D eigenvalue weighted by atomic mass is 16.5. The van der Waals surface area contributed by atoms with Crippen LogP contribution in [0.5, 0.6) is 0 Å². The fourth-order valence-corrected chi connectivity index (χ4v) is 6.89. The van der Waals surface area contributed by atoms with E-state index in [1.54, 1.807) is 95.0 Å². The van der Waals surface area contributed by atoms with Gasteiger partial charge in [-0.15, -0.1) is 0 Å². The average Bonchev–Trinajstić information content (AvgIpc) is 3.25. The van der Waals surface area contributed by atoms with Gasteiger partial charge in [-0.05, 0) is 82.6 Å². The van der Waals surface area contributed by atoms with Gasteiger partial charge in [0.05, 0.1) is 108 Å². The van der Waals surface area contributed by atoms with Crippen molar-refractivity contribution < 1.29 is 38.1 Å². The minimum absolute atomic E-state index is 0.247. The summed E-state index contributed by atoms with van der Waals surface area (Å²) in [6.45, 7) is 12.3. The molecule has 12 nitrogen and oxygen atoms in total. The monoisotopic (exact) mass is 808 g/mol. The molecule has 2 heterocycles. The van der Waals surface area contributed by atoms with Gasteiger partial charge in [-0.2, -0.15) is 0 Å². The van der Waals surface area contributed by atoms with E-state index in [-0.39, 0.29) is 33.1 Å². The van der Waals surface area contributed by atoms with Crippen molar-refractivity contribution in [3.8, 4) is 0 Å². The minimum atomic E-state index is -0.577. The summed E-state index contributed by atoms with van der Waals surface area (Å²) >= 11 is 0. The highest BCUT2D eigenvalue weighted by Gasteiger charge is 2.30. The van der Waals surface area contributed by atoms with Crippen LogP contribution in [0.2, 0.25) is 0 Å². The Morgan fingerprint density at radius 3 is 1.08 bits per heavy atom. The molecular formula is C48H48N4O8. The van der Waals surface area contributed by atoms with Gasteiger partial charge < -0.3 is 28.7 Å². The van der Waals surface area contributed by atoms with Crippen LogP contribution in [0.1, 0.15) is 94.1 Å². The summed E-state index contributed by atoms with van der Waals surface area (Å²) in [5, 5.41) is 0. The lowest BCUT2D eigenvalue weighted by molar-refractivity contribution is 0.0591. The van der Waals surface area contributed by atoms with Gasteiger partial charge in [-0.1, -0.05) is 77.9 Å². The second kappa shape index (κ2) is 17.0. The number of nitrogens with zero attached hydrogens (tertiary/aromatic N) is 4. The van der Waals surface area contributed by atoms with E-state index in [9.17, 15) is 19.2 Å². The van der Waals surface area contributed by atoms with Crippen LogP contribution in [-0.2, 0) is 29.8 Å². The Hall–Kier alpha value is -7.08. The Morgan fingerprint density at radius 2 is 0.750 bits per heavy atom. The molecule has 0 unspecified atom stereocenters.